The molecule has 0 saturated heterocycles. The van der Waals surface area contributed by atoms with Gasteiger partial charge in [-0.15, -0.1) is 0 Å². The van der Waals surface area contributed by atoms with Gasteiger partial charge in [0, 0.05) is 0 Å². The Bertz CT molecular complexity index is 49.4. The van der Waals surface area contributed by atoms with Gasteiger partial charge in [0.2, 0.25) is 0 Å². The minimum atomic E-state index is 0. The van der Waals surface area contributed by atoms with Crippen molar-refractivity contribution in [1.29, 1.82) is 0 Å². The Hall–Kier alpha value is 0.803. The molecule has 67 valence electrons. The zero-order valence-electron chi connectivity index (χ0n) is 7.51. The Labute approximate surface area is 89.5 Å². The van der Waals surface area contributed by atoms with Gasteiger partial charge in [0.25, 0.3) is 0 Å². The number of hydrogen-bond acceptors (Lipinski definition) is 2. The SMILES string of the molecule is [CH2-]CCCCC(C)C.[OH-].[OH-].[Zr+3]. The largest absolute Gasteiger partial charge is 3.00 e. The van der Waals surface area contributed by atoms with E-state index >= 15 is 0 Å². The molecule has 0 fully saturated rings. The third-order valence-corrected chi connectivity index (χ3v) is 1.28. The molecule has 0 aliphatic heterocycles. The average molecular weight is 238 g/mol. The number of hydrogen-bond donors (Lipinski definition) is 0. The third kappa shape index (κ3) is 24.9. The van der Waals surface area contributed by atoms with E-state index < -0.39 is 0 Å². The molecule has 0 rings (SSSR count). The normalized spacial score (nSPS) is 7.64. The van der Waals surface area contributed by atoms with Crippen molar-refractivity contribution >= 4 is 0 Å². The smallest absolute Gasteiger partial charge is 0.870 e. The zero-order chi connectivity index (χ0) is 6.41. The van der Waals surface area contributed by atoms with E-state index in [1.165, 1.54) is 19.3 Å². The third-order valence-electron chi connectivity index (χ3n) is 1.28. The second-order valence-corrected chi connectivity index (χ2v) is 2.74. The van der Waals surface area contributed by atoms with Crippen molar-refractivity contribution < 1.29 is 37.2 Å². The monoisotopic (exact) mass is 237 g/mol. The predicted molar refractivity (Wildman–Crippen MR) is 42.5 cm³/mol. The Morgan fingerprint density at radius 2 is 1.55 bits per heavy atom. The summed E-state index contributed by atoms with van der Waals surface area (Å²) < 4.78 is 0. The molecule has 1 radical (unpaired) electrons. The van der Waals surface area contributed by atoms with Crippen molar-refractivity contribution in [2.75, 3.05) is 0 Å². The van der Waals surface area contributed by atoms with Gasteiger partial charge in [-0.05, 0) is 5.92 Å². The molecule has 0 unspecified atom stereocenters. The zero-order valence-corrected chi connectivity index (χ0v) is 9.97. The molecule has 0 aromatic carbocycles. The van der Waals surface area contributed by atoms with E-state index in [-0.39, 0.29) is 37.2 Å². The first-order valence-electron chi connectivity index (χ1n) is 3.56. The molecule has 0 aliphatic carbocycles. The molecule has 0 aromatic heterocycles. The van der Waals surface area contributed by atoms with Crippen LogP contribution in [0.1, 0.15) is 39.5 Å². The van der Waals surface area contributed by atoms with Crippen LogP contribution in [-0.4, -0.2) is 11.0 Å². The van der Waals surface area contributed by atoms with Gasteiger partial charge in [0.1, 0.15) is 0 Å². The fourth-order valence-electron chi connectivity index (χ4n) is 0.729. The van der Waals surface area contributed by atoms with Crippen LogP contribution in [0.4, 0.5) is 0 Å². The first kappa shape index (κ1) is 22.6. The second kappa shape index (κ2) is 17.1. The predicted octanol–water partition coefficient (Wildman–Crippen LogP) is 2.68. The van der Waals surface area contributed by atoms with Crippen LogP contribution in [0.25, 0.3) is 0 Å². The van der Waals surface area contributed by atoms with Crippen molar-refractivity contribution in [2.45, 2.75) is 39.5 Å². The quantitative estimate of drug-likeness (QED) is 0.558. The van der Waals surface area contributed by atoms with Crippen LogP contribution in [0.15, 0.2) is 0 Å². The molecule has 3 heteroatoms. The number of unbranched alkanes of at least 4 members (excludes halogenated alkanes) is 2. The summed E-state index contributed by atoms with van der Waals surface area (Å²) >= 11 is 0. The van der Waals surface area contributed by atoms with Gasteiger partial charge in [-0.3, -0.25) is 0 Å². The van der Waals surface area contributed by atoms with Crippen LogP contribution < -0.4 is 0 Å². The first-order chi connectivity index (χ1) is 3.77. The van der Waals surface area contributed by atoms with Gasteiger partial charge in [-0.2, -0.15) is 6.42 Å². The van der Waals surface area contributed by atoms with Crippen LogP contribution in [0.3, 0.4) is 0 Å². The Balaban J connectivity index is -0.0000000817. The van der Waals surface area contributed by atoms with E-state index in [1.54, 1.807) is 0 Å². The van der Waals surface area contributed by atoms with E-state index in [1.807, 2.05) is 0 Å². The van der Waals surface area contributed by atoms with Crippen LogP contribution >= 0.6 is 0 Å². The Kier molecular flexibility index (Phi) is 35.1. The van der Waals surface area contributed by atoms with Crippen molar-refractivity contribution in [3.63, 3.8) is 0 Å². The summed E-state index contributed by atoms with van der Waals surface area (Å²) in [6.45, 7) is 8.32. The summed E-state index contributed by atoms with van der Waals surface area (Å²) in [5.74, 6) is 0.876. The maximum atomic E-state index is 3.78. The minimum absolute atomic E-state index is 0. The molecule has 0 amide bonds. The molecule has 0 aliphatic rings. The van der Waals surface area contributed by atoms with Crippen molar-refractivity contribution in [3.8, 4) is 0 Å². The molecule has 11 heavy (non-hydrogen) atoms. The fourth-order valence-corrected chi connectivity index (χ4v) is 0.729. The summed E-state index contributed by atoms with van der Waals surface area (Å²) in [5, 5.41) is 0. The molecule has 2 nitrogen and oxygen atoms in total. The Morgan fingerprint density at radius 1 is 1.09 bits per heavy atom. The van der Waals surface area contributed by atoms with Crippen molar-refractivity contribution in [3.05, 3.63) is 6.92 Å². The standard InChI is InChI=1S/C8H17.2H2O.Zr/c1-4-5-6-7-8(2)3;;;/h8H,1,4-7H2,2-3H3;2*1H2;/q-1;;;+3/p-2. The number of rotatable bonds is 4. The molecule has 2 N–H and O–H groups in total. The first-order valence-corrected chi connectivity index (χ1v) is 3.56. The van der Waals surface area contributed by atoms with Gasteiger partial charge in [0.05, 0.1) is 0 Å². The van der Waals surface area contributed by atoms with Crippen molar-refractivity contribution in [1.82, 2.24) is 0 Å². The molecule has 0 heterocycles. The molecular formula is C8H19O2Zr. The Morgan fingerprint density at radius 3 is 1.82 bits per heavy atom. The van der Waals surface area contributed by atoms with E-state index in [4.69, 9.17) is 0 Å². The summed E-state index contributed by atoms with van der Waals surface area (Å²) in [7, 11) is 0. The van der Waals surface area contributed by atoms with Crippen LogP contribution in [0, 0.1) is 12.8 Å². The maximum Gasteiger partial charge on any atom is 3.00 e. The van der Waals surface area contributed by atoms with E-state index in [0.717, 1.165) is 12.3 Å². The maximum absolute atomic E-state index is 3.78. The van der Waals surface area contributed by atoms with Gasteiger partial charge in [0.15, 0.2) is 0 Å². The van der Waals surface area contributed by atoms with Crippen molar-refractivity contribution in [2.24, 2.45) is 5.92 Å². The van der Waals surface area contributed by atoms with Gasteiger partial charge < -0.3 is 17.9 Å². The van der Waals surface area contributed by atoms with Gasteiger partial charge >= 0.3 is 26.2 Å². The topological polar surface area (TPSA) is 60.0 Å². The minimum Gasteiger partial charge on any atom is -0.870 e. The molecule has 0 atom stereocenters. The summed E-state index contributed by atoms with van der Waals surface area (Å²) in [4.78, 5) is 0. The van der Waals surface area contributed by atoms with E-state index in [2.05, 4.69) is 20.8 Å². The van der Waals surface area contributed by atoms with Crippen LogP contribution in [0.5, 0.6) is 0 Å². The molecule has 0 saturated carbocycles. The van der Waals surface area contributed by atoms with Crippen LogP contribution in [-0.2, 0) is 26.2 Å². The summed E-state index contributed by atoms with van der Waals surface area (Å²) in [5.41, 5.74) is 0. The summed E-state index contributed by atoms with van der Waals surface area (Å²) in [6.07, 6.45) is 5.14. The fraction of sp³-hybridized carbons (Fsp3) is 0.875. The van der Waals surface area contributed by atoms with E-state index in [0.29, 0.717) is 0 Å². The molecule has 0 bridgehead atoms. The van der Waals surface area contributed by atoms with Crippen LogP contribution in [0.2, 0.25) is 0 Å². The second-order valence-electron chi connectivity index (χ2n) is 2.74. The molecule has 0 spiro atoms. The van der Waals surface area contributed by atoms with E-state index in [9.17, 15) is 0 Å². The molecular weight excluding hydrogens is 219 g/mol. The average Bonchev–Trinajstić information content (AvgIpc) is 1.66. The van der Waals surface area contributed by atoms with Gasteiger partial charge in [-0.25, -0.2) is 0 Å². The van der Waals surface area contributed by atoms with Gasteiger partial charge in [-0.1, -0.05) is 33.1 Å². The summed E-state index contributed by atoms with van der Waals surface area (Å²) in [6, 6.07) is 0. The molecule has 0 aromatic rings.